The quantitative estimate of drug-likeness (QED) is 0.687. The van der Waals surface area contributed by atoms with Crippen LogP contribution in [0, 0.1) is 0 Å². The first-order valence-corrected chi connectivity index (χ1v) is 6.01. The second-order valence-corrected chi connectivity index (χ2v) is 3.92. The maximum absolute atomic E-state index is 11.5. The third-order valence-corrected chi connectivity index (χ3v) is 2.41. The fourth-order valence-electron chi connectivity index (χ4n) is 1.43. The lowest BCUT2D eigenvalue weighted by Gasteiger charge is -2.07. The van der Waals surface area contributed by atoms with Crippen molar-refractivity contribution in [1.82, 2.24) is 0 Å². The van der Waals surface area contributed by atoms with Crippen molar-refractivity contribution in [3.8, 4) is 0 Å². The normalized spacial score (nSPS) is 9.79. The molecule has 0 bridgehead atoms. The highest BCUT2D eigenvalue weighted by Gasteiger charge is 2.03. The van der Waals surface area contributed by atoms with Crippen LogP contribution in [0.5, 0.6) is 0 Å². The molecule has 0 aliphatic carbocycles. The molecule has 0 unspecified atom stereocenters. The van der Waals surface area contributed by atoms with Crippen molar-refractivity contribution in [2.24, 2.45) is 0 Å². The van der Waals surface area contributed by atoms with Crippen LogP contribution in [0.4, 0.5) is 16.2 Å². The van der Waals surface area contributed by atoms with Gasteiger partial charge < -0.3 is 15.2 Å². The van der Waals surface area contributed by atoms with Gasteiger partial charge >= 0.3 is 6.09 Å². The van der Waals surface area contributed by atoms with E-state index < -0.39 is 6.09 Å². The number of ether oxygens (including phenoxy) is 1. The van der Waals surface area contributed by atoms with Crippen molar-refractivity contribution >= 4 is 23.4 Å². The van der Waals surface area contributed by atoms with Gasteiger partial charge in [0.15, 0.2) is 0 Å². The van der Waals surface area contributed by atoms with Crippen molar-refractivity contribution < 1.29 is 19.4 Å². The van der Waals surface area contributed by atoms with E-state index in [1.807, 2.05) is 0 Å². The van der Waals surface area contributed by atoms with Crippen LogP contribution in [-0.4, -0.2) is 30.8 Å². The maximum atomic E-state index is 11.5. The van der Waals surface area contributed by atoms with Crippen LogP contribution in [0.1, 0.15) is 19.3 Å². The molecule has 2 amide bonds. The average molecular weight is 266 g/mol. The van der Waals surface area contributed by atoms with Crippen LogP contribution in [0.15, 0.2) is 24.3 Å². The van der Waals surface area contributed by atoms with Crippen LogP contribution in [-0.2, 0) is 9.53 Å². The summed E-state index contributed by atoms with van der Waals surface area (Å²) in [6.07, 6.45) is 1.11. The SMILES string of the molecule is COC(=O)Nc1ccc(NC(=O)CCCCO)cc1. The summed E-state index contributed by atoms with van der Waals surface area (Å²) in [6.45, 7) is 0.0984. The molecule has 0 aliphatic rings. The highest BCUT2D eigenvalue weighted by atomic mass is 16.5. The number of hydrogen-bond acceptors (Lipinski definition) is 4. The minimum Gasteiger partial charge on any atom is -0.453 e. The summed E-state index contributed by atoms with van der Waals surface area (Å²) in [5, 5.41) is 13.9. The van der Waals surface area contributed by atoms with E-state index in [0.717, 1.165) is 0 Å². The number of methoxy groups -OCH3 is 1. The number of rotatable bonds is 6. The first kappa shape index (κ1) is 15.0. The van der Waals surface area contributed by atoms with E-state index in [1.165, 1.54) is 7.11 Å². The summed E-state index contributed by atoms with van der Waals surface area (Å²) in [6, 6.07) is 6.71. The monoisotopic (exact) mass is 266 g/mol. The van der Waals surface area contributed by atoms with Gasteiger partial charge in [-0.25, -0.2) is 4.79 Å². The summed E-state index contributed by atoms with van der Waals surface area (Å²) >= 11 is 0. The molecule has 1 rings (SSSR count). The van der Waals surface area contributed by atoms with Crippen molar-refractivity contribution in [1.29, 1.82) is 0 Å². The number of benzene rings is 1. The Bertz CT molecular complexity index is 417. The molecule has 6 heteroatoms. The highest BCUT2D eigenvalue weighted by molar-refractivity contribution is 5.91. The Morgan fingerprint density at radius 2 is 1.68 bits per heavy atom. The predicted octanol–water partition coefficient (Wildman–Crippen LogP) is 1.97. The topological polar surface area (TPSA) is 87.7 Å². The lowest BCUT2D eigenvalue weighted by Crippen LogP contribution is -2.12. The molecule has 0 fully saturated rings. The zero-order valence-electron chi connectivity index (χ0n) is 10.8. The van der Waals surface area contributed by atoms with E-state index in [0.29, 0.717) is 30.6 Å². The van der Waals surface area contributed by atoms with Crippen molar-refractivity contribution in [2.45, 2.75) is 19.3 Å². The standard InChI is InChI=1S/C13H18N2O4/c1-19-13(18)15-11-7-5-10(6-8-11)14-12(17)4-2-3-9-16/h5-8,16H,2-4,9H2,1H3,(H,14,17)(H,15,18). The van der Waals surface area contributed by atoms with E-state index in [2.05, 4.69) is 15.4 Å². The summed E-state index contributed by atoms with van der Waals surface area (Å²) in [5.41, 5.74) is 1.24. The second kappa shape index (κ2) is 8.10. The van der Waals surface area contributed by atoms with E-state index in [9.17, 15) is 9.59 Å². The zero-order valence-corrected chi connectivity index (χ0v) is 10.8. The number of carbonyl (C=O) groups excluding carboxylic acids is 2. The summed E-state index contributed by atoms with van der Waals surface area (Å²) in [7, 11) is 1.29. The number of anilines is 2. The average Bonchev–Trinajstić information content (AvgIpc) is 2.41. The Kier molecular flexibility index (Phi) is 6.38. The molecule has 104 valence electrons. The van der Waals surface area contributed by atoms with Gasteiger partial charge in [-0.2, -0.15) is 0 Å². The molecule has 1 aromatic rings. The molecule has 0 atom stereocenters. The third kappa shape index (κ3) is 5.87. The van der Waals surface area contributed by atoms with Gasteiger partial charge in [-0.05, 0) is 37.1 Å². The molecule has 3 N–H and O–H groups in total. The summed E-state index contributed by atoms with van der Waals surface area (Å²) in [4.78, 5) is 22.5. The van der Waals surface area contributed by atoms with Crippen LogP contribution < -0.4 is 10.6 Å². The van der Waals surface area contributed by atoms with Crippen molar-refractivity contribution in [3.63, 3.8) is 0 Å². The van der Waals surface area contributed by atoms with Gasteiger partial charge in [0.1, 0.15) is 0 Å². The number of aliphatic hydroxyl groups excluding tert-OH is 1. The van der Waals surface area contributed by atoms with E-state index in [-0.39, 0.29) is 12.5 Å². The smallest absolute Gasteiger partial charge is 0.411 e. The molecule has 0 radical (unpaired) electrons. The number of nitrogens with one attached hydrogen (secondary N) is 2. The minimum atomic E-state index is -0.541. The number of amides is 2. The van der Waals surface area contributed by atoms with Crippen LogP contribution >= 0.6 is 0 Å². The molecule has 0 saturated heterocycles. The number of aliphatic hydroxyl groups is 1. The fourth-order valence-corrected chi connectivity index (χ4v) is 1.43. The Morgan fingerprint density at radius 3 is 2.21 bits per heavy atom. The molecule has 0 saturated carbocycles. The van der Waals surface area contributed by atoms with Crippen molar-refractivity contribution in [2.75, 3.05) is 24.4 Å². The van der Waals surface area contributed by atoms with Crippen LogP contribution in [0.3, 0.4) is 0 Å². The number of unbranched alkanes of at least 4 members (excludes halogenated alkanes) is 1. The van der Waals surface area contributed by atoms with E-state index in [4.69, 9.17) is 5.11 Å². The first-order valence-electron chi connectivity index (χ1n) is 6.01. The third-order valence-electron chi connectivity index (χ3n) is 2.41. The second-order valence-electron chi connectivity index (χ2n) is 3.92. The lowest BCUT2D eigenvalue weighted by atomic mass is 10.2. The van der Waals surface area contributed by atoms with Gasteiger partial charge in [-0.3, -0.25) is 10.1 Å². The molecule has 6 nitrogen and oxygen atoms in total. The molecule has 0 aliphatic heterocycles. The van der Waals surface area contributed by atoms with Gasteiger partial charge in [0.05, 0.1) is 7.11 Å². The molecule has 0 heterocycles. The molecular formula is C13H18N2O4. The van der Waals surface area contributed by atoms with Gasteiger partial charge in [0.25, 0.3) is 0 Å². The molecule has 0 spiro atoms. The van der Waals surface area contributed by atoms with Crippen LogP contribution in [0.2, 0.25) is 0 Å². The molecule has 19 heavy (non-hydrogen) atoms. The van der Waals surface area contributed by atoms with Gasteiger partial charge in [0.2, 0.25) is 5.91 Å². The Labute approximate surface area is 111 Å². The van der Waals surface area contributed by atoms with Crippen molar-refractivity contribution in [3.05, 3.63) is 24.3 Å². The first-order chi connectivity index (χ1) is 9.15. The molecule has 1 aromatic carbocycles. The van der Waals surface area contributed by atoms with Gasteiger partial charge in [0, 0.05) is 24.4 Å². The van der Waals surface area contributed by atoms with Gasteiger partial charge in [-0.15, -0.1) is 0 Å². The number of carbonyl (C=O) groups is 2. The largest absolute Gasteiger partial charge is 0.453 e. The van der Waals surface area contributed by atoms with E-state index >= 15 is 0 Å². The summed E-state index contributed by atoms with van der Waals surface area (Å²) < 4.78 is 4.46. The fraction of sp³-hybridized carbons (Fsp3) is 0.385. The highest BCUT2D eigenvalue weighted by Crippen LogP contribution is 2.14. The minimum absolute atomic E-state index is 0.0953. The molecular weight excluding hydrogens is 248 g/mol. The Morgan fingerprint density at radius 1 is 1.11 bits per heavy atom. The van der Waals surface area contributed by atoms with Gasteiger partial charge in [-0.1, -0.05) is 0 Å². The van der Waals surface area contributed by atoms with E-state index in [1.54, 1.807) is 24.3 Å². The molecule has 0 aromatic heterocycles. The Hall–Kier alpha value is -2.08. The maximum Gasteiger partial charge on any atom is 0.411 e. The number of hydrogen-bond donors (Lipinski definition) is 3. The zero-order chi connectivity index (χ0) is 14.1. The van der Waals surface area contributed by atoms with Crippen LogP contribution in [0.25, 0.3) is 0 Å². The summed E-state index contributed by atoms with van der Waals surface area (Å²) in [5.74, 6) is -0.0953. The Balaban J connectivity index is 2.43. The lowest BCUT2D eigenvalue weighted by molar-refractivity contribution is -0.116. The predicted molar refractivity (Wildman–Crippen MR) is 72.0 cm³/mol.